The molecule has 0 atom stereocenters. The third-order valence-electron chi connectivity index (χ3n) is 2.31. The number of nitrogens with one attached hydrogen (secondary N) is 1. The molecule has 0 aromatic carbocycles. The zero-order valence-corrected chi connectivity index (χ0v) is 12.3. The maximum absolute atomic E-state index is 11.9. The van der Waals surface area contributed by atoms with Crippen LogP contribution in [0.15, 0.2) is 12.1 Å². The van der Waals surface area contributed by atoms with Crippen LogP contribution >= 0.6 is 22.9 Å². The molecule has 0 spiro atoms. The third kappa shape index (κ3) is 4.93. The Morgan fingerprint density at radius 2 is 2.18 bits per heavy atom. The smallest absolute Gasteiger partial charge is 0.214 e. The number of sulfonamides is 1. The Morgan fingerprint density at radius 1 is 1.47 bits per heavy atom. The fraction of sp³-hybridized carbons (Fsp3) is 0.600. The molecule has 1 aromatic rings. The first-order valence-electron chi connectivity index (χ1n) is 5.28. The Bertz CT molecular complexity index is 445. The second-order valence-electron chi connectivity index (χ2n) is 3.73. The Kier molecular flexibility index (Phi) is 5.88. The van der Waals surface area contributed by atoms with Crippen LogP contribution in [0.1, 0.15) is 11.3 Å². The van der Waals surface area contributed by atoms with Crippen molar-refractivity contribution in [2.45, 2.75) is 13.0 Å². The maximum Gasteiger partial charge on any atom is 0.214 e. The van der Waals surface area contributed by atoms with E-state index in [1.54, 1.807) is 13.1 Å². The van der Waals surface area contributed by atoms with E-state index >= 15 is 0 Å². The number of thiophene rings is 1. The van der Waals surface area contributed by atoms with E-state index in [0.29, 0.717) is 23.8 Å². The predicted molar refractivity (Wildman–Crippen MR) is 73.1 cm³/mol. The first-order valence-corrected chi connectivity index (χ1v) is 8.09. The molecule has 1 heterocycles. The van der Waals surface area contributed by atoms with Crippen LogP contribution in [-0.2, 0) is 16.6 Å². The zero-order valence-electron chi connectivity index (χ0n) is 9.94. The maximum atomic E-state index is 11.9. The van der Waals surface area contributed by atoms with Gasteiger partial charge < -0.3 is 5.32 Å². The lowest BCUT2D eigenvalue weighted by molar-refractivity contribution is 0.468. The standard InChI is InChI=1S/C10H17ClN2O2S2/c1-12-6-3-7-17(14,15)13(2)8-9-4-5-10(11)16-9/h4-5,12H,3,6-8H2,1-2H3. The number of nitrogens with zero attached hydrogens (tertiary/aromatic N) is 1. The number of halogens is 1. The summed E-state index contributed by atoms with van der Waals surface area (Å²) < 4.78 is 25.8. The molecule has 4 nitrogen and oxygen atoms in total. The number of hydrogen-bond donors (Lipinski definition) is 1. The predicted octanol–water partition coefficient (Wildman–Crippen LogP) is 1.77. The molecule has 0 amide bonds. The highest BCUT2D eigenvalue weighted by Gasteiger charge is 2.17. The van der Waals surface area contributed by atoms with E-state index in [0.717, 1.165) is 4.88 Å². The van der Waals surface area contributed by atoms with Crippen molar-refractivity contribution < 1.29 is 8.42 Å². The normalized spacial score (nSPS) is 12.2. The summed E-state index contributed by atoms with van der Waals surface area (Å²) in [4.78, 5) is 0.953. The molecule has 0 saturated heterocycles. The Hall–Kier alpha value is -0.140. The van der Waals surface area contributed by atoms with Gasteiger partial charge in [-0.15, -0.1) is 11.3 Å². The van der Waals surface area contributed by atoms with Gasteiger partial charge in [0.25, 0.3) is 0 Å². The Balaban J connectivity index is 2.53. The van der Waals surface area contributed by atoms with Crippen molar-refractivity contribution in [2.24, 2.45) is 0 Å². The summed E-state index contributed by atoms with van der Waals surface area (Å²) in [6.45, 7) is 1.09. The number of rotatable bonds is 7. The molecule has 0 aliphatic carbocycles. The average molecular weight is 297 g/mol. The third-order valence-corrected chi connectivity index (χ3v) is 5.41. The van der Waals surface area contributed by atoms with E-state index in [9.17, 15) is 8.42 Å². The van der Waals surface area contributed by atoms with E-state index < -0.39 is 10.0 Å². The highest BCUT2D eigenvalue weighted by molar-refractivity contribution is 7.89. The first-order chi connectivity index (χ1) is 7.95. The Morgan fingerprint density at radius 3 is 2.71 bits per heavy atom. The van der Waals surface area contributed by atoms with Crippen LogP contribution in [0.5, 0.6) is 0 Å². The van der Waals surface area contributed by atoms with Crippen LogP contribution < -0.4 is 5.32 Å². The van der Waals surface area contributed by atoms with Crippen LogP contribution in [-0.4, -0.2) is 39.1 Å². The molecular formula is C10H17ClN2O2S2. The van der Waals surface area contributed by atoms with Crippen molar-refractivity contribution >= 4 is 33.0 Å². The van der Waals surface area contributed by atoms with Gasteiger partial charge >= 0.3 is 0 Å². The lowest BCUT2D eigenvalue weighted by atomic mass is 10.5. The van der Waals surface area contributed by atoms with Gasteiger partial charge in [-0.2, -0.15) is 4.31 Å². The highest BCUT2D eigenvalue weighted by atomic mass is 35.5. The van der Waals surface area contributed by atoms with Gasteiger partial charge in [-0.25, -0.2) is 8.42 Å². The molecule has 0 saturated carbocycles. The second-order valence-corrected chi connectivity index (χ2v) is 7.73. The largest absolute Gasteiger partial charge is 0.320 e. The summed E-state index contributed by atoms with van der Waals surface area (Å²) in [6, 6.07) is 3.63. The molecule has 0 unspecified atom stereocenters. The van der Waals surface area contributed by atoms with E-state index in [2.05, 4.69) is 5.32 Å². The van der Waals surface area contributed by atoms with Crippen molar-refractivity contribution in [1.82, 2.24) is 9.62 Å². The fourth-order valence-electron chi connectivity index (χ4n) is 1.34. The van der Waals surface area contributed by atoms with Crippen molar-refractivity contribution in [3.63, 3.8) is 0 Å². The van der Waals surface area contributed by atoms with Crippen molar-refractivity contribution in [2.75, 3.05) is 26.4 Å². The number of hydrogen-bond acceptors (Lipinski definition) is 4. The highest BCUT2D eigenvalue weighted by Crippen LogP contribution is 2.23. The quantitative estimate of drug-likeness (QED) is 0.780. The lowest BCUT2D eigenvalue weighted by Gasteiger charge is -2.16. The summed E-state index contributed by atoms with van der Waals surface area (Å²) in [5.41, 5.74) is 0. The van der Waals surface area contributed by atoms with Crippen LogP contribution in [0.25, 0.3) is 0 Å². The zero-order chi connectivity index (χ0) is 12.9. The van der Waals surface area contributed by atoms with E-state index in [1.165, 1.54) is 15.6 Å². The van der Waals surface area contributed by atoms with E-state index in [1.807, 2.05) is 13.1 Å². The first kappa shape index (κ1) is 14.9. The van der Waals surface area contributed by atoms with Crippen LogP contribution in [0.3, 0.4) is 0 Å². The minimum atomic E-state index is -3.16. The summed E-state index contributed by atoms with van der Waals surface area (Å²) in [5.74, 6) is 0.170. The van der Waals surface area contributed by atoms with Gasteiger partial charge in [0.2, 0.25) is 10.0 Å². The molecule has 1 aromatic heterocycles. The molecule has 1 rings (SSSR count). The monoisotopic (exact) mass is 296 g/mol. The van der Waals surface area contributed by atoms with Crippen molar-refractivity contribution in [3.8, 4) is 0 Å². The van der Waals surface area contributed by atoms with Gasteiger partial charge in [0, 0.05) is 18.5 Å². The molecule has 17 heavy (non-hydrogen) atoms. The molecule has 0 aliphatic heterocycles. The lowest BCUT2D eigenvalue weighted by Crippen LogP contribution is -2.29. The molecule has 1 N–H and O–H groups in total. The topological polar surface area (TPSA) is 49.4 Å². The molecule has 7 heteroatoms. The van der Waals surface area contributed by atoms with Crippen molar-refractivity contribution in [3.05, 3.63) is 21.3 Å². The molecular weight excluding hydrogens is 280 g/mol. The summed E-state index contributed by atoms with van der Waals surface area (Å²) in [7, 11) is 0.244. The van der Waals surface area contributed by atoms with E-state index in [4.69, 9.17) is 11.6 Å². The van der Waals surface area contributed by atoms with Gasteiger partial charge in [-0.1, -0.05) is 11.6 Å². The Labute approximate surface area is 112 Å². The minimum absolute atomic E-state index is 0.170. The van der Waals surface area contributed by atoms with Gasteiger partial charge in [0.05, 0.1) is 10.1 Å². The van der Waals surface area contributed by atoms with Crippen LogP contribution in [0.2, 0.25) is 4.34 Å². The SMILES string of the molecule is CNCCCS(=O)(=O)N(C)Cc1ccc(Cl)s1. The fourth-order valence-corrected chi connectivity index (χ4v) is 3.72. The van der Waals surface area contributed by atoms with Gasteiger partial charge in [0.1, 0.15) is 0 Å². The average Bonchev–Trinajstić information content (AvgIpc) is 2.64. The second kappa shape index (κ2) is 6.70. The molecule has 0 bridgehead atoms. The minimum Gasteiger partial charge on any atom is -0.320 e. The van der Waals surface area contributed by atoms with Crippen molar-refractivity contribution in [1.29, 1.82) is 0 Å². The van der Waals surface area contributed by atoms with Crippen LogP contribution in [0, 0.1) is 0 Å². The summed E-state index contributed by atoms with van der Waals surface area (Å²) >= 11 is 7.21. The molecule has 0 radical (unpaired) electrons. The molecule has 0 aliphatic rings. The molecule has 0 fully saturated rings. The van der Waals surface area contributed by atoms with Crippen LogP contribution in [0.4, 0.5) is 0 Å². The van der Waals surface area contributed by atoms with Gasteiger partial charge in [-0.3, -0.25) is 0 Å². The van der Waals surface area contributed by atoms with Gasteiger partial charge in [0.15, 0.2) is 0 Å². The van der Waals surface area contributed by atoms with E-state index in [-0.39, 0.29) is 5.75 Å². The summed E-state index contributed by atoms with van der Waals surface area (Å²) in [6.07, 6.45) is 0.619. The molecule has 98 valence electrons. The summed E-state index contributed by atoms with van der Waals surface area (Å²) in [5, 5.41) is 2.93. The van der Waals surface area contributed by atoms with Gasteiger partial charge in [-0.05, 0) is 32.1 Å².